The van der Waals surface area contributed by atoms with Crippen LogP contribution in [0.15, 0.2) is 84.9 Å². The van der Waals surface area contributed by atoms with Crippen LogP contribution in [0.5, 0.6) is 0 Å². The summed E-state index contributed by atoms with van der Waals surface area (Å²) < 4.78 is 5.35. The molecule has 0 heterocycles. The summed E-state index contributed by atoms with van der Waals surface area (Å²) in [5, 5.41) is 9.39. The van der Waals surface area contributed by atoms with Crippen molar-refractivity contribution in [3.63, 3.8) is 0 Å². The van der Waals surface area contributed by atoms with E-state index in [0.717, 1.165) is 17.1 Å². The van der Waals surface area contributed by atoms with Gasteiger partial charge >= 0.3 is 0 Å². The number of ether oxygens (including phenoxy) is 1. The molecule has 0 aliphatic carbocycles. The van der Waals surface area contributed by atoms with Crippen LogP contribution in [0.25, 0.3) is 11.1 Å². The van der Waals surface area contributed by atoms with Crippen molar-refractivity contribution in [3.05, 3.63) is 113 Å². The number of hydrogen-bond acceptors (Lipinski definition) is 3. The van der Waals surface area contributed by atoms with Crippen molar-refractivity contribution in [2.24, 2.45) is 0 Å². The third-order valence-corrected chi connectivity index (χ3v) is 7.18. The Morgan fingerprint density at radius 1 is 0.639 bits per heavy atom. The largest absolute Gasteiger partial charge is 0.396 e. The van der Waals surface area contributed by atoms with Crippen LogP contribution in [0.3, 0.4) is 0 Å². The van der Waals surface area contributed by atoms with Crippen LogP contribution in [0, 0.1) is 27.7 Å². The second-order valence-corrected chi connectivity index (χ2v) is 9.71. The van der Waals surface area contributed by atoms with Gasteiger partial charge in [0.05, 0.1) is 6.61 Å². The van der Waals surface area contributed by atoms with Crippen LogP contribution < -0.4 is 4.90 Å². The highest BCUT2D eigenvalue weighted by molar-refractivity contribution is 5.79. The lowest BCUT2D eigenvalue weighted by Crippen LogP contribution is -2.10. The van der Waals surface area contributed by atoms with Gasteiger partial charge in [0.2, 0.25) is 0 Å². The topological polar surface area (TPSA) is 32.7 Å². The van der Waals surface area contributed by atoms with Gasteiger partial charge in [-0.15, -0.1) is 0 Å². The van der Waals surface area contributed by atoms with Crippen LogP contribution in [0.2, 0.25) is 0 Å². The maximum Gasteiger partial charge on any atom is 0.0531 e. The molecular formula is C33H37NO2. The summed E-state index contributed by atoms with van der Waals surface area (Å²) in [6.07, 6.45) is 0.703. The molecule has 0 spiro atoms. The van der Waals surface area contributed by atoms with Crippen LogP contribution in [-0.2, 0) is 4.74 Å². The van der Waals surface area contributed by atoms with Gasteiger partial charge in [0, 0.05) is 36.7 Å². The Kier molecular flexibility index (Phi) is 8.25. The number of nitrogens with zero attached hydrogens (tertiary/aromatic N) is 1. The zero-order valence-electron chi connectivity index (χ0n) is 22.1. The molecule has 0 fully saturated rings. The molecule has 0 aliphatic heterocycles. The first-order chi connectivity index (χ1) is 17.4. The van der Waals surface area contributed by atoms with Gasteiger partial charge in [-0.2, -0.15) is 0 Å². The molecule has 0 aromatic heterocycles. The molecule has 186 valence electrons. The molecule has 0 saturated heterocycles. The SMILES string of the molecule is COCC(CCO)c1ccc(-c2ccc(N(c3ccc(C)c(C)c3)c3ccc(C)c(C)c3)cc2)cc1. The summed E-state index contributed by atoms with van der Waals surface area (Å²) in [6, 6.07) is 30.7. The number of anilines is 3. The van der Waals surface area contributed by atoms with Crippen molar-refractivity contribution in [2.45, 2.75) is 40.0 Å². The van der Waals surface area contributed by atoms with Crippen molar-refractivity contribution >= 4 is 17.1 Å². The number of methoxy groups -OCH3 is 1. The first-order valence-corrected chi connectivity index (χ1v) is 12.7. The molecule has 1 unspecified atom stereocenters. The van der Waals surface area contributed by atoms with E-state index in [1.54, 1.807) is 7.11 Å². The summed E-state index contributed by atoms with van der Waals surface area (Å²) in [4.78, 5) is 2.33. The maximum atomic E-state index is 9.39. The van der Waals surface area contributed by atoms with Crippen molar-refractivity contribution in [2.75, 3.05) is 25.2 Å². The molecule has 3 nitrogen and oxygen atoms in total. The van der Waals surface area contributed by atoms with Crippen LogP contribution in [0.1, 0.15) is 40.2 Å². The standard InChI is InChI=1S/C33H37NO2/c1-23-6-14-32(20-25(23)3)34(33-15-7-24(2)26(4)21-33)31-16-12-28(13-17-31)27-8-10-29(11-9-27)30(18-19-35)22-36-5/h6-17,20-21,30,35H,18-19,22H2,1-5H3. The lowest BCUT2D eigenvalue weighted by atomic mass is 9.94. The average molecular weight is 480 g/mol. The fraction of sp³-hybridized carbons (Fsp3) is 0.273. The summed E-state index contributed by atoms with van der Waals surface area (Å²) in [5.74, 6) is 0.209. The number of aliphatic hydroxyl groups excluding tert-OH is 1. The maximum absolute atomic E-state index is 9.39. The highest BCUT2D eigenvalue weighted by Gasteiger charge is 2.15. The Bertz CT molecular complexity index is 1240. The molecule has 0 amide bonds. The summed E-state index contributed by atoms with van der Waals surface area (Å²) in [6.45, 7) is 9.42. The van der Waals surface area contributed by atoms with Crippen molar-refractivity contribution in [3.8, 4) is 11.1 Å². The molecule has 0 bridgehead atoms. The van der Waals surface area contributed by atoms with Crippen LogP contribution in [0.4, 0.5) is 17.1 Å². The molecule has 36 heavy (non-hydrogen) atoms. The minimum atomic E-state index is 0.161. The first kappa shape index (κ1) is 25.7. The molecule has 3 heteroatoms. The Hall–Kier alpha value is -3.40. The van der Waals surface area contributed by atoms with E-state index >= 15 is 0 Å². The lowest BCUT2D eigenvalue weighted by molar-refractivity contribution is 0.162. The van der Waals surface area contributed by atoms with E-state index in [2.05, 4.69) is 118 Å². The van der Waals surface area contributed by atoms with E-state index in [1.807, 2.05) is 0 Å². The molecule has 0 aliphatic rings. The highest BCUT2D eigenvalue weighted by Crippen LogP contribution is 2.37. The Morgan fingerprint density at radius 3 is 1.56 bits per heavy atom. The second kappa shape index (κ2) is 11.6. The molecule has 4 rings (SSSR count). The number of rotatable bonds is 9. The van der Waals surface area contributed by atoms with Crippen molar-refractivity contribution < 1.29 is 9.84 Å². The number of aliphatic hydroxyl groups is 1. The molecule has 0 radical (unpaired) electrons. The third-order valence-electron chi connectivity index (χ3n) is 7.18. The van der Waals surface area contributed by atoms with Crippen LogP contribution >= 0.6 is 0 Å². The number of aryl methyl sites for hydroxylation is 4. The van der Waals surface area contributed by atoms with Gasteiger partial charge in [-0.3, -0.25) is 0 Å². The zero-order valence-corrected chi connectivity index (χ0v) is 22.1. The van der Waals surface area contributed by atoms with Gasteiger partial charge in [0.25, 0.3) is 0 Å². The first-order valence-electron chi connectivity index (χ1n) is 12.7. The molecule has 0 saturated carbocycles. The third kappa shape index (κ3) is 5.70. The van der Waals surface area contributed by atoms with Gasteiger partial charge < -0.3 is 14.7 Å². The van der Waals surface area contributed by atoms with Crippen LogP contribution in [-0.4, -0.2) is 25.4 Å². The van der Waals surface area contributed by atoms with Gasteiger partial charge in [-0.1, -0.05) is 48.5 Å². The van der Waals surface area contributed by atoms with E-state index in [-0.39, 0.29) is 12.5 Å². The Morgan fingerprint density at radius 2 is 1.11 bits per heavy atom. The van der Waals surface area contributed by atoms with Crippen molar-refractivity contribution in [1.29, 1.82) is 0 Å². The molecule has 4 aromatic carbocycles. The number of hydrogen-bond donors (Lipinski definition) is 1. The molecular weight excluding hydrogens is 442 g/mol. The predicted molar refractivity (Wildman–Crippen MR) is 152 cm³/mol. The fourth-order valence-electron chi connectivity index (χ4n) is 4.63. The van der Waals surface area contributed by atoms with E-state index in [1.165, 1.54) is 38.9 Å². The van der Waals surface area contributed by atoms with E-state index < -0.39 is 0 Å². The van der Waals surface area contributed by atoms with E-state index in [4.69, 9.17) is 4.74 Å². The lowest BCUT2D eigenvalue weighted by Gasteiger charge is -2.27. The van der Waals surface area contributed by atoms with Gasteiger partial charge in [0.1, 0.15) is 0 Å². The summed E-state index contributed by atoms with van der Waals surface area (Å²) >= 11 is 0. The smallest absolute Gasteiger partial charge is 0.0531 e. The van der Waals surface area contributed by atoms with Gasteiger partial charge in [-0.05, 0) is 109 Å². The van der Waals surface area contributed by atoms with Crippen molar-refractivity contribution in [1.82, 2.24) is 0 Å². The Labute approximate surface area is 216 Å². The number of benzene rings is 4. The molecule has 1 N–H and O–H groups in total. The average Bonchev–Trinajstić information content (AvgIpc) is 2.89. The highest BCUT2D eigenvalue weighted by atomic mass is 16.5. The summed E-state index contributed by atoms with van der Waals surface area (Å²) in [5.41, 5.74) is 12.2. The minimum absolute atomic E-state index is 0.161. The molecule has 4 aromatic rings. The van der Waals surface area contributed by atoms with Gasteiger partial charge in [0.15, 0.2) is 0 Å². The minimum Gasteiger partial charge on any atom is -0.396 e. The zero-order chi connectivity index (χ0) is 25.7. The van der Waals surface area contributed by atoms with E-state index in [0.29, 0.717) is 13.0 Å². The fourth-order valence-corrected chi connectivity index (χ4v) is 4.63. The monoisotopic (exact) mass is 479 g/mol. The summed E-state index contributed by atoms with van der Waals surface area (Å²) in [7, 11) is 1.71. The normalized spacial score (nSPS) is 11.9. The molecule has 1 atom stereocenters. The second-order valence-electron chi connectivity index (χ2n) is 9.71. The van der Waals surface area contributed by atoms with E-state index in [9.17, 15) is 5.11 Å². The quantitative estimate of drug-likeness (QED) is 0.263. The van der Waals surface area contributed by atoms with Gasteiger partial charge in [-0.25, -0.2) is 0 Å². The predicted octanol–water partition coefficient (Wildman–Crippen LogP) is 8.17. The Balaban J connectivity index is 1.67.